The monoisotopic (exact) mass is 442 g/mol. The van der Waals surface area contributed by atoms with Crippen LogP contribution >= 0.6 is 0 Å². The number of hydrogen-bond donors (Lipinski definition) is 1. The van der Waals surface area contributed by atoms with Gasteiger partial charge in [-0.3, -0.25) is 4.79 Å². The van der Waals surface area contributed by atoms with Gasteiger partial charge < -0.3 is 28.7 Å². The van der Waals surface area contributed by atoms with Gasteiger partial charge in [-0.2, -0.15) is 5.26 Å². The highest BCUT2D eigenvalue weighted by Gasteiger charge is 2.13. The first-order chi connectivity index (χ1) is 15.5. The number of rotatable bonds is 12. The van der Waals surface area contributed by atoms with E-state index in [0.29, 0.717) is 49.0 Å². The number of nitriles is 1. The molecule has 0 fully saturated rings. The normalized spacial score (nSPS) is 10.9. The van der Waals surface area contributed by atoms with E-state index in [1.807, 2.05) is 13.0 Å². The van der Waals surface area contributed by atoms with Crippen molar-refractivity contribution in [3.8, 4) is 17.6 Å². The number of methoxy groups -OCH3 is 2. The van der Waals surface area contributed by atoms with Crippen molar-refractivity contribution in [3.63, 3.8) is 0 Å². The first-order valence-corrected chi connectivity index (χ1v) is 9.98. The molecule has 0 aliphatic carbocycles. The minimum absolute atomic E-state index is 0.0249. The molecule has 170 valence electrons. The molecule has 32 heavy (non-hydrogen) atoms. The lowest BCUT2D eigenvalue weighted by Gasteiger charge is -2.11. The quantitative estimate of drug-likeness (QED) is 0.230. The minimum Gasteiger partial charge on any atom is -0.493 e. The van der Waals surface area contributed by atoms with Gasteiger partial charge in [-0.05, 0) is 49.2 Å². The maximum Gasteiger partial charge on any atom is 0.373 e. The minimum atomic E-state index is -0.573. The first-order valence-electron chi connectivity index (χ1n) is 9.98. The molecular weight excluding hydrogens is 416 g/mol. The van der Waals surface area contributed by atoms with E-state index in [4.69, 9.17) is 18.6 Å². The van der Waals surface area contributed by atoms with Crippen molar-refractivity contribution in [1.82, 2.24) is 5.32 Å². The zero-order valence-electron chi connectivity index (χ0n) is 18.3. The van der Waals surface area contributed by atoms with Gasteiger partial charge in [0.25, 0.3) is 5.91 Å². The summed E-state index contributed by atoms with van der Waals surface area (Å²) in [4.78, 5) is 23.7. The fraction of sp³-hybridized carbons (Fsp3) is 0.348. The molecule has 0 saturated carbocycles. The third-order valence-corrected chi connectivity index (χ3v) is 4.24. The summed E-state index contributed by atoms with van der Waals surface area (Å²) in [7, 11) is 2.75. The molecule has 0 aliphatic heterocycles. The fourth-order valence-corrected chi connectivity index (χ4v) is 2.64. The highest BCUT2D eigenvalue weighted by Crippen LogP contribution is 2.30. The van der Waals surface area contributed by atoms with Gasteiger partial charge in [-0.25, -0.2) is 4.79 Å². The van der Waals surface area contributed by atoms with Crippen LogP contribution in [0.4, 0.5) is 0 Å². The molecule has 0 radical (unpaired) electrons. The van der Waals surface area contributed by atoms with Gasteiger partial charge in [0.1, 0.15) is 24.0 Å². The van der Waals surface area contributed by atoms with Gasteiger partial charge in [-0.15, -0.1) is 0 Å². The van der Waals surface area contributed by atoms with E-state index in [0.717, 1.165) is 0 Å². The Kier molecular flexibility index (Phi) is 9.81. The van der Waals surface area contributed by atoms with Crippen LogP contribution in [-0.4, -0.2) is 45.9 Å². The zero-order valence-corrected chi connectivity index (χ0v) is 18.3. The Morgan fingerprint density at radius 2 is 2.00 bits per heavy atom. The highest BCUT2D eigenvalue weighted by molar-refractivity contribution is 6.01. The van der Waals surface area contributed by atoms with Gasteiger partial charge in [0.05, 0.1) is 14.2 Å². The third kappa shape index (κ3) is 7.18. The lowest BCUT2D eigenvalue weighted by atomic mass is 10.1. The number of furan rings is 1. The smallest absolute Gasteiger partial charge is 0.373 e. The second-order valence-corrected chi connectivity index (χ2v) is 6.43. The van der Waals surface area contributed by atoms with Crippen LogP contribution in [0, 0.1) is 11.3 Å². The largest absolute Gasteiger partial charge is 0.493 e. The summed E-state index contributed by atoms with van der Waals surface area (Å²) in [6.45, 7) is 3.55. The van der Waals surface area contributed by atoms with Gasteiger partial charge in [0.2, 0.25) is 5.76 Å². The molecule has 0 aliphatic rings. The average Bonchev–Trinajstić information content (AvgIpc) is 3.29. The summed E-state index contributed by atoms with van der Waals surface area (Å²) in [6, 6.07) is 10.0. The predicted octanol–water partition coefficient (Wildman–Crippen LogP) is 3.10. The van der Waals surface area contributed by atoms with Crippen molar-refractivity contribution in [2.45, 2.75) is 20.0 Å². The van der Waals surface area contributed by atoms with Crippen LogP contribution in [0.25, 0.3) is 6.08 Å². The zero-order chi connectivity index (χ0) is 23.3. The third-order valence-electron chi connectivity index (χ3n) is 4.24. The van der Waals surface area contributed by atoms with E-state index in [9.17, 15) is 14.9 Å². The van der Waals surface area contributed by atoms with E-state index in [2.05, 4.69) is 10.1 Å². The Labute approximate surface area is 186 Å². The molecule has 0 bridgehead atoms. The summed E-state index contributed by atoms with van der Waals surface area (Å²) in [5.74, 6) is 0.328. The van der Waals surface area contributed by atoms with Gasteiger partial charge in [0.15, 0.2) is 11.5 Å². The van der Waals surface area contributed by atoms with Crippen LogP contribution in [0.1, 0.15) is 35.2 Å². The SMILES string of the molecule is CCOCCCNC(=O)/C(C#N)=C/c1ccc(OCc2ccc(C(=O)OC)o2)c(OC)c1. The molecule has 0 saturated heterocycles. The number of amides is 1. The number of esters is 1. The van der Waals surface area contributed by atoms with Crippen LogP contribution < -0.4 is 14.8 Å². The number of nitrogens with one attached hydrogen (secondary N) is 1. The summed E-state index contributed by atoms with van der Waals surface area (Å²) >= 11 is 0. The Hall–Kier alpha value is -3.77. The lowest BCUT2D eigenvalue weighted by molar-refractivity contribution is -0.117. The second-order valence-electron chi connectivity index (χ2n) is 6.43. The number of benzene rings is 1. The van der Waals surface area contributed by atoms with Gasteiger partial charge in [0, 0.05) is 19.8 Å². The van der Waals surface area contributed by atoms with Crippen molar-refractivity contribution in [1.29, 1.82) is 5.26 Å². The van der Waals surface area contributed by atoms with Crippen LogP contribution in [0.3, 0.4) is 0 Å². The number of nitrogens with zero attached hydrogens (tertiary/aromatic N) is 1. The molecule has 9 heteroatoms. The topological polar surface area (TPSA) is 120 Å². The maximum absolute atomic E-state index is 12.2. The Bertz CT molecular complexity index is 988. The molecule has 1 amide bonds. The molecular formula is C23H26N2O7. The second kappa shape index (κ2) is 12.8. The number of carbonyl (C=O) groups is 2. The van der Waals surface area contributed by atoms with Crippen LogP contribution in [-0.2, 0) is 20.9 Å². The summed E-state index contributed by atoms with van der Waals surface area (Å²) < 4.78 is 26.3. The van der Waals surface area contributed by atoms with E-state index in [-0.39, 0.29) is 17.9 Å². The number of carbonyl (C=O) groups excluding carboxylic acids is 2. The van der Waals surface area contributed by atoms with E-state index < -0.39 is 11.9 Å². The van der Waals surface area contributed by atoms with Gasteiger partial charge in [-0.1, -0.05) is 6.07 Å². The van der Waals surface area contributed by atoms with Gasteiger partial charge >= 0.3 is 5.97 Å². The average molecular weight is 442 g/mol. The van der Waals surface area contributed by atoms with Crippen molar-refractivity contribution >= 4 is 18.0 Å². The maximum atomic E-state index is 12.2. The van der Waals surface area contributed by atoms with E-state index in [1.165, 1.54) is 26.4 Å². The summed E-state index contributed by atoms with van der Waals surface area (Å²) in [5.41, 5.74) is 0.573. The Balaban J connectivity index is 2.03. The Morgan fingerprint density at radius 3 is 2.69 bits per heavy atom. The van der Waals surface area contributed by atoms with Crippen molar-refractivity contribution < 1.29 is 33.0 Å². The lowest BCUT2D eigenvalue weighted by Crippen LogP contribution is -2.26. The molecule has 9 nitrogen and oxygen atoms in total. The highest BCUT2D eigenvalue weighted by atomic mass is 16.5. The fourth-order valence-electron chi connectivity index (χ4n) is 2.64. The van der Waals surface area contributed by atoms with Crippen LogP contribution in [0.15, 0.2) is 40.3 Å². The summed E-state index contributed by atoms with van der Waals surface area (Å²) in [5, 5.41) is 12.0. The molecule has 0 unspecified atom stereocenters. The molecule has 0 atom stereocenters. The Morgan fingerprint density at radius 1 is 1.19 bits per heavy atom. The predicted molar refractivity (Wildman–Crippen MR) is 115 cm³/mol. The van der Waals surface area contributed by atoms with Crippen molar-refractivity contribution in [3.05, 3.63) is 53.0 Å². The van der Waals surface area contributed by atoms with Crippen molar-refractivity contribution in [2.75, 3.05) is 34.0 Å². The number of ether oxygens (including phenoxy) is 4. The molecule has 1 heterocycles. The molecule has 2 rings (SSSR count). The molecule has 1 aromatic heterocycles. The van der Waals surface area contributed by atoms with Crippen LogP contribution in [0.2, 0.25) is 0 Å². The van der Waals surface area contributed by atoms with E-state index >= 15 is 0 Å². The molecule has 1 aromatic carbocycles. The molecule has 0 spiro atoms. The van der Waals surface area contributed by atoms with E-state index in [1.54, 1.807) is 24.3 Å². The molecule has 2 aromatic rings. The number of hydrogen-bond acceptors (Lipinski definition) is 8. The summed E-state index contributed by atoms with van der Waals surface area (Å²) in [6.07, 6.45) is 2.13. The van der Waals surface area contributed by atoms with Crippen LogP contribution in [0.5, 0.6) is 11.5 Å². The van der Waals surface area contributed by atoms with Crippen molar-refractivity contribution in [2.24, 2.45) is 0 Å². The molecule has 1 N–H and O–H groups in total. The standard InChI is InChI=1S/C23H26N2O7/c1-4-30-11-5-10-25-22(26)17(14-24)12-16-6-8-19(21(13-16)28-2)31-15-18-7-9-20(32-18)23(27)29-3/h6-9,12-13H,4-5,10-11,15H2,1-3H3,(H,25,26)/b17-12+. The first kappa shape index (κ1) is 24.5.